The van der Waals surface area contributed by atoms with Crippen molar-refractivity contribution >= 4 is 29.1 Å². The van der Waals surface area contributed by atoms with Crippen molar-refractivity contribution in [2.45, 2.75) is 38.1 Å². The molecule has 4 N–H and O–H groups in total. The Morgan fingerprint density at radius 1 is 1.35 bits per heavy atom. The van der Waals surface area contributed by atoms with Gasteiger partial charge < -0.3 is 16.2 Å². The molecule has 6 nitrogen and oxygen atoms in total. The zero-order chi connectivity index (χ0) is 15.0. The first-order valence-electron chi connectivity index (χ1n) is 6.32. The Morgan fingerprint density at radius 3 is 2.65 bits per heavy atom. The van der Waals surface area contributed by atoms with Crippen molar-refractivity contribution in [3.05, 3.63) is 22.4 Å². The largest absolute Gasteiger partial charge is 0.480 e. The van der Waals surface area contributed by atoms with Gasteiger partial charge in [-0.25, -0.2) is 4.79 Å². The molecule has 1 rings (SSSR count). The van der Waals surface area contributed by atoms with E-state index in [1.54, 1.807) is 11.3 Å². The van der Waals surface area contributed by atoms with Gasteiger partial charge in [-0.05, 0) is 30.7 Å². The summed E-state index contributed by atoms with van der Waals surface area (Å²) in [6.45, 7) is 0. The van der Waals surface area contributed by atoms with Crippen LogP contribution in [-0.4, -0.2) is 28.9 Å². The first kappa shape index (κ1) is 16.2. The molecule has 0 radical (unpaired) electrons. The molecule has 0 saturated carbocycles. The predicted molar refractivity (Wildman–Crippen MR) is 75.3 cm³/mol. The van der Waals surface area contributed by atoms with Gasteiger partial charge in [0.1, 0.15) is 6.04 Å². The summed E-state index contributed by atoms with van der Waals surface area (Å²) >= 11 is 1.63. The third kappa shape index (κ3) is 6.33. The molecule has 7 heteroatoms. The second kappa shape index (κ2) is 8.31. The third-order valence-electron chi connectivity index (χ3n) is 2.72. The number of thiophene rings is 1. The van der Waals surface area contributed by atoms with Gasteiger partial charge in [-0.1, -0.05) is 6.07 Å². The number of carboxylic acids is 1. The summed E-state index contributed by atoms with van der Waals surface area (Å²) in [6, 6.07) is 2.89. The standard InChI is InChI=1S/C13H18N2O4S/c14-11(16)7-6-10(13(18)19)15-12(17)5-1-3-9-4-2-8-20-9/h2,4,8,10H,1,3,5-7H2,(H2,14,16)(H,15,17)(H,18,19)/t10-/m0/s1. The third-order valence-corrected chi connectivity index (χ3v) is 3.66. The number of carbonyl (C=O) groups excluding carboxylic acids is 2. The van der Waals surface area contributed by atoms with E-state index in [1.165, 1.54) is 4.88 Å². The number of carboxylic acid groups (broad SMARTS) is 1. The summed E-state index contributed by atoms with van der Waals surface area (Å²) < 4.78 is 0. The van der Waals surface area contributed by atoms with Crippen LogP contribution in [0.3, 0.4) is 0 Å². The van der Waals surface area contributed by atoms with E-state index in [-0.39, 0.29) is 25.2 Å². The van der Waals surface area contributed by atoms with E-state index in [0.29, 0.717) is 6.42 Å². The normalized spacial score (nSPS) is 11.8. The van der Waals surface area contributed by atoms with Crippen LogP contribution < -0.4 is 11.1 Å². The van der Waals surface area contributed by atoms with Crippen molar-refractivity contribution in [3.8, 4) is 0 Å². The number of primary amides is 1. The highest BCUT2D eigenvalue weighted by molar-refractivity contribution is 7.09. The topological polar surface area (TPSA) is 109 Å². The van der Waals surface area contributed by atoms with Crippen molar-refractivity contribution < 1.29 is 19.5 Å². The van der Waals surface area contributed by atoms with E-state index in [1.807, 2.05) is 17.5 Å². The Balaban J connectivity index is 2.30. The Morgan fingerprint density at radius 2 is 2.10 bits per heavy atom. The molecule has 1 aromatic heterocycles. The summed E-state index contributed by atoms with van der Waals surface area (Å²) in [4.78, 5) is 34.4. The fraction of sp³-hybridized carbons (Fsp3) is 0.462. The van der Waals surface area contributed by atoms with Gasteiger partial charge in [0, 0.05) is 17.7 Å². The van der Waals surface area contributed by atoms with Crippen molar-refractivity contribution in [1.82, 2.24) is 5.32 Å². The quantitative estimate of drug-likeness (QED) is 0.629. The molecule has 1 aromatic rings. The lowest BCUT2D eigenvalue weighted by molar-refractivity contribution is -0.142. The molecule has 1 atom stereocenters. The molecule has 20 heavy (non-hydrogen) atoms. The van der Waals surface area contributed by atoms with E-state index in [4.69, 9.17) is 10.8 Å². The molecule has 1 heterocycles. The van der Waals surface area contributed by atoms with Gasteiger partial charge in [0.15, 0.2) is 0 Å². The van der Waals surface area contributed by atoms with E-state index in [9.17, 15) is 14.4 Å². The lowest BCUT2D eigenvalue weighted by Crippen LogP contribution is -2.41. The highest BCUT2D eigenvalue weighted by Crippen LogP contribution is 2.12. The van der Waals surface area contributed by atoms with E-state index < -0.39 is 17.9 Å². The van der Waals surface area contributed by atoms with Crippen LogP contribution in [0.15, 0.2) is 17.5 Å². The Hall–Kier alpha value is -1.89. The van der Waals surface area contributed by atoms with Crippen LogP contribution in [-0.2, 0) is 20.8 Å². The van der Waals surface area contributed by atoms with Gasteiger partial charge >= 0.3 is 5.97 Å². The highest BCUT2D eigenvalue weighted by atomic mass is 32.1. The Kier molecular flexibility index (Phi) is 6.72. The van der Waals surface area contributed by atoms with E-state index >= 15 is 0 Å². The predicted octanol–water partition coefficient (Wildman–Crippen LogP) is 0.906. The molecule has 2 amide bonds. The number of carbonyl (C=O) groups is 3. The van der Waals surface area contributed by atoms with Crippen molar-refractivity contribution in [2.24, 2.45) is 5.73 Å². The Labute approximate surface area is 121 Å². The average Bonchev–Trinajstić information content (AvgIpc) is 2.87. The number of aliphatic carboxylic acids is 1. The van der Waals surface area contributed by atoms with Crippen LogP contribution in [0.2, 0.25) is 0 Å². The molecule has 0 bridgehead atoms. The van der Waals surface area contributed by atoms with Crippen LogP contribution in [0.25, 0.3) is 0 Å². The summed E-state index contributed by atoms with van der Waals surface area (Å²) in [5.41, 5.74) is 4.96. The minimum Gasteiger partial charge on any atom is -0.480 e. The summed E-state index contributed by atoms with van der Waals surface area (Å²) in [7, 11) is 0. The number of nitrogens with two attached hydrogens (primary N) is 1. The molecule has 110 valence electrons. The SMILES string of the molecule is NC(=O)CC[C@H](NC(=O)CCCc1cccs1)C(=O)O. The van der Waals surface area contributed by atoms with Crippen molar-refractivity contribution in [3.63, 3.8) is 0 Å². The van der Waals surface area contributed by atoms with Gasteiger partial charge in [0.2, 0.25) is 11.8 Å². The fourth-order valence-electron chi connectivity index (χ4n) is 1.69. The van der Waals surface area contributed by atoms with Gasteiger partial charge in [-0.3, -0.25) is 9.59 Å². The molecule has 0 saturated heterocycles. The lowest BCUT2D eigenvalue weighted by atomic mass is 10.1. The van der Waals surface area contributed by atoms with Crippen LogP contribution in [0, 0.1) is 0 Å². The van der Waals surface area contributed by atoms with Crippen molar-refractivity contribution in [1.29, 1.82) is 0 Å². The Bertz CT molecular complexity index is 459. The minimum atomic E-state index is -1.15. The second-order valence-corrected chi connectivity index (χ2v) is 5.43. The number of aryl methyl sites for hydroxylation is 1. The molecular weight excluding hydrogens is 280 g/mol. The van der Waals surface area contributed by atoms with Gasteiger partial charge in [-0.15, -0.1) is 11.3 Å². The molecule has 0 fully saturated rings. The van der Waals surface area contributed by atoms with E-state index in [2.05, 4.69) is 5.32 Å². The highest BCUT2D eigenvalue weighted by Gasteiger charge is 2.20. The number of amides is 2. The lowest BCUT2D eigenvalue weighted by Gasteiger charge is -2.13. The van der Waals surface area contributed by atoms with Crippen LogP contribution in [0.1, 0.15) is 30.6 Å². The molecule has 0 unspecified atom stereocenters. The first-order chi connectivity index (χ1) is 9.49. The fourth-order valence-corrected chi connectivity index (χ4v) is 2.44. The summed E-state index contributed by atoms with van der Waals surface area (Å²) in [5, 5.41) is 13.3. The van der Waals surface area contributed by atoms with Crippen LogP contribution in [0.4, 0.5) is 0 Å². The zero-order valence-corrected chi connectivity index (χ0v) is 11.8. The number of hydrogen-bond acceptors (Lipinski definition) is 4. The zero-order valence-electron chi connectivity index (χ0n) is 11.0. The molecule has 0 aromatic carbocycles. The van der Waals surface area contributed by atoms with E-state index in [0.717, 1.165) is 6.42 Å². The molecule has 0 aliphatic heterocycles. The summed E-state index contributed by atoms with van der Waals surface area (Å²) in [5.74, 6) is -2.06. The minimum absolute atomic E-state index is 0.0152. The summed E-state index contributed by atoms with van der Waals surface area (Å²) in [6.07, 6.45) is 1.67. The maximum absolute atomic E-state index is 11.6. The number of rotatable bonds is 9. The number of hydrogen-bond donors (Lipinski definition) is 3. The molecular formula is C13H18N2O4S. The first-order valence-corrected chi connectivity index (χ1v) is 7.20. The smallest absolute Gasteiger partial charge is 0.326 e. The van der Waals surface area contributed by atoms with Crippen LogP contribution in [0.5, 0.6) is 0 Å². The maximum atomic E-state index is 11.6. The average molecular weight is 298 g/mol. The van der Waals surface area contributed by atoms with Gasteiger partial charge in [0.25, 0.3) is 0 Å². The maximum Gasteiger partial charge on any atom is 0.326 e. The van der Waals surface area contributed by atoms with Gasteiger partial charge in [-0.2, -0.15) is 0 Å². The second-order valence-electron chi connectivity index (χ2n) is 4.40. The molecule has 0 aliphatic rings. The number of nitrogens with one attached hydrogen (secondary N) is 1. The molecule has 0 spiro atoms. The molecule has 0 aliphatic carbocycles. The van der Waals surface area contributed by atoms with Gasteiger partial charge in [0.05, 0.1) is 0 Å². The van der Waals surface area contributed by atoms with Crippen molar-refractivity contribution in [2.75, 3.05) is 0 Å². The monoisotopic (exact) mass is 298 g/mol. The van der Waals surface area contributed by atoms with Crippen LogP contribution >= 0.6 is 11.3 Å².